The van der Waals surface area contributed by atoms with Gasteiger partial charge in [0.05, 0.1) is 14.2 Å². The third kappa shape index (κ3) is 3.03. The van der Waals surface area contributed by atoms with E-state index in [1.165, 1.54) is 5.56 Å². The Labute approximate surface area is 116 Å². The maximum Gasteiger partial charge on any atom is 0.126 e. The highest BCUT2D eigenvalue weighted by molar-refractivity contribution is 5.43. The van der Waals surface area contributed by atoms with Gasteiger partial charge in [0.25, 0.3) is 0 Å². The summed E-state index contributed by atoms with van der Waals surface area (Å²) in [5.41, 5.74) is 1.58. The summed E-state index contributed by atoms with van der Waals surface area (Å²) in [6, 6.07) is 6.68. The summed E-state index contributed by atoms with van der Waals surface area (Å²) < 4.78 is 10.8. The number of benzene rings is 1. The number of hydrogen-bond acceptors (Lipinski definition) is 3. The largest absolute Gasteiger partial charge is 0.497 e. The molecular weight excluding hydrogens is 238 g/mol. The van der Waals surface area contributed by atoms with Crippen LogP contribution in [-0.4, -0.2) is 26.8 Å². The molecule has 0 aliphatic carbocycles. The average Bonchev–Trinajstić information content (AvgIpc) is 2.87. The Morgan fingerprint density at radius 2 is 1.89 bits per heavy atom. The summed E-state index contributed by atoms with van der Waals surface area (Å²) in [6.45, 7) is 7.89. The smallest absolute Gasteiger partial charge is 0.126 e. The molecule has 0 spiro atoms. The summed E-state index contributed by atoms with van der Waals surface area (Å²) >= 11 is 0. The first kappa shape index (κ1) is 14.2. The maximum atomic E-state index is 5.51. The van der Waals surface area contributed by atoms with Gasteiger partial charge in [0.2, 0.25) is 0 Å². The molecule has 0 aromatic heterocycles. The van der Waals surface area contributed by atoms with Gasteiger partial charge in [-0.15, -0.1) is 0 Å². The van der Waals surface area contributed by atoms with E-state index in [1.807, 2.05) is 12.1 Å². The van der Waals surface area contributed by atoms with Gasteiger partial charge in [-0.1, -0.05) is 26.8 Å². The molecule has 2 unspecified atom stereocenters. The molecule has 1 aliphatic heterocycles. The fourth-order valence-electron chi connectivity index (χ4n) is 2.79. The number of methoxy groups -OCH3 is 2. The van der Waals surface area contributed by atoms with Crippen LogP contribution in [0.5, 0.6) is 11.5 Å². The van der Waals surface area contributed by atoms with Gasteiger partial charge in [-0.05, 0) is 23.5 Å². The Bertz CT molecular complexity index is 437. The molecule has 106 valence electrons. The van der Waals surface area contributed by atoms with E-state index in [0.717, 1.165) is 24.5 Å². The van der Waals surface area contributed by atoms with Crippen LogP contribution >= 0.6 is 0 Å². The highest BCUT2D eigenvalue weighted by Gasteiger charge is 2.34. The minimum absolute atomic E-state index is 0.300. The van der Waals surface area contributed by atoms with Crippen LogP contribution in [0.3, 0.4) is 0 Å². The van der Waals surface area contributed by atoms with E-state index in [-0.39, 0.29) is 0 Å². The van der Waals surface area contributed by atoms with Gasteiger partial charge in [0.1, 0.15) is 11.5 Å². The Morgan fingerprint density at radius 1 is 1.16 bits per heavy atom. The second kappa shape index (κ2) is 5.41. The second-order valence-electron chi connectivity index (χ2n) is 6.37. The third-order valence-corrected chi connectivity index (χ3v) is 4.06. The van der Waals surface area contributed by atoms with E-state index >= 15 is 0 Å². The van der Waals surface area contributed by atoms with Gasteiger partial charge in [-0.3, -0.25) is 0 Å². The summed E-state index contributed by atoms with van der Waals surface area (Å²) in [5.74, 6) is 2.30. The predicted molar refractivity (Wildman–Crippen MR) is 78.1 cm³/mol. The summed E-state index contributed by atoms with van der Waals surface area (Å²) in [4.78, 5) is 0. The minimum atomic E-state index is 0.300. The summed E-state index contributed by atoms with van der Waals surface area (Å²) in [6.07, 6.45) is 1.16. The van der Waals surface area contributed by atoms with Crippen molar-refractivity contribution in [3.8, 4) is 11.5 Å². The van der Waals surface area contributed by atoms with Crippen molar-refractivity contribution < 1.29 is 9.47 Å². The predicted octanol–water partition coefficient (Wildman–Crippen LogP) is 3.20. The Balaban J connectivity index is 2.19. The van der Waals surface area contributed by atoms with E-state index in [1.54, 1.807) is 14.2 Å². The molecule has 1 aliphatic rings. The molecule has 3 nitrogen and oxygen atoms in total. The van der Waals surface area contributed by atoms with Gasteiger partial charge in [0, 0.05) is 24.6 Å². The highest BCUT2D eigenvalue weighted by Crippen LogP contribution is 2.38. The monoisotopic (exact) mass is 263 g/mol. The fourth-order valence-corrected chi connectivity index (χ4v) is 2.79. The van der Waals surface area contributed by atoms with Crippen LogP contribution in [0.1, 0.15) is 38.7 Å². The number of hydrogen-bond donors (Lipinski definition) is 1. The van der Waals surface area contributed by atoms with Crippen LogP contribution < -0.4 is 14.8 Å². The van der Waals surface area contributed by atoms with Crippen LogP contribution in [0.25, 0.3) is 0 Å². The average molecular weight is 263 g/mol. The first-order valence-electron chi connectivity index (χ1n) is 6.91. The molecule has 1 aromatic carbocycles. The number of ether oxygens (including phenoxy) is 2. The van der Waals surface area contributed by atoms with Crippen molar-refractivity contribution in [3.05, 3.63) is 23.8 Å². The number of nitrogens with one attached hydrogen (secondary N) is 1. The van der Waals surface area contributed by atoms with Crippen molar-refractivity contribution in [1.82, 2.24) is 5.32 Å². The molecule has 1 fully saturated rings. The lowest BCUT2D eigenvalue weighted by atomic mass is 9.83. The first-order chi connectivity index (χ1) is 8.95. The van der Waals surface area contributed by atoms with Crippen LogP contribution in [0.15, 0.2) is 18.2 Å². The molecule has 3 heteroatoms. The zero-order valence-corrected chi connectivity index (χ0v) is 12.6. The molecule has 1 aromatic rings. The lowest BCUT2D eigenvalue weighted by molar-refractivity contribution is 0.293. The van der Waals surface area contributed by atoms with Crippen molar-refractivity contribution in [3.63, 3.8) is 0 Å². The quantitative estimate of drug-likeness (QED) is 0.908. The molecule has 0 bridgehead atoms. The Hall–Kier alpha value is -1.22. The molecular formula is C16H25NO2. The summed E-state index contributed by atoms with van der Waals surface area (Å²) in [5, 5.41) is 3.64. The second-order valence-corrected chi connectivity index (χ2v) is 6.37. The van der Waals surface area contributed by atoms with Crippen LogP contribution in [-0.2, 0) is 0 Å². The van der Waals surface area contributed by atoms with E-state index in [2.05, 4.69) is 32.2 Å². The molecule has 2 atom stereocenters. The topological polar surface area (TPSA) is 30.5 Å². The van der Waals surface area contributed by atoms with E-state index < -0.39 is 0 Å². The Kier molecular flexibility index (Phi) is 4.04. The van der Waals surface area contributed by atoms with Crippen LogP contribution in [0.4, 0.5) is 0 Å². The van der Waals surface area contributed by atoms with Crippen LogP contribution in [0, 0.1) is 5.41 Å². The van der Waals surface area contributed by atoms with Gasteiger partial charge >= 0.3 is 0 Å². The van der Waals surface area contributed by atoms with Crippen molar-refractivity contribution in [1.29, 1.82) is 0 Å². The van der Waals surface area contributed by atoms with Gasteiger partial charge < -0.3 is 14.8 Å². The molecule has 0 radical (unpaired) electrons. The molecule has 2 rings (SSSR count). The van der Waals surface area contributed by atoms with Gasteiger partial charge in [-0.2, -0.15) is 0 Å². The molecule has 0 amide bonds. The van der Waals surface area contributed by atoms with E-state index in [0.29, 0.717) is 17.4 Å². The first-order valence-corrected chi connectivity index (χ1v) is 6.91. The van der Waals surface area contributed by atoms with Crippen molar-refractivity contribution >= 4 is 0 Å². The molecule has 1 saturated heterocycles. The van der Waals surface area contributed by atoms with Gasteiger partial charge in [0.15, 0.2) is 0 Å². The van der Waals surface area contributed by atoms with Crippen molar-refractivity contribution in [2.45, 2.75) is 39.2 Å². The minimum Gasteiger partial charge on any atom is -0.497 e. The molecule has 1 heterocycles. The fraction of sp³-hybridized carbons (Fsp3) is 0.625. The highest BCUT2D eigenvalue weighted by atomic mass is 16.5. The van der Waals surface area contributed by atoms with E-state index in [4.69, 9.17) is 9.47 Å². The summed E-state index contributed by atoms with van der Waals surface area (Å²) in [7, 11) is 3.41. The lowest BCUT2D eigenvalue weighted by Crippen LogP contribution is -2.34. The standard InChI is InChI=1S/C16H25NO2/c1-16(2,3)15-8-11(10-17-15)13-7-6-12(18-4)9-14(13)19-5/h6-7,9,11,15,17H,8,10H2,1-5H3. The van der Waals surface area contributed by atoms with Crippen LogP contribution in [0.2, 0.25) is 0 Å². The SMILES string of the molecule is COc1ccc(C2CNC(C(C)(C)C)C2)c(OC)c1. The van der Waals surface area contributed by atoms with E-state index in [9.17, 15) is 0 Å². The van der Waals surface area contributed by atoms with Gasteiger partial charge in [-0.25, -0.2) is 0 Å². The number of rotatable bonds is 3. The van der Waals surface area contributed by atoms with Crippen molar-refractivity contribution in [2.24, 2.45) is 5.41 Å². The maximum absolute atomic E-state index is 5.51. The lowest BCUT2D eigenvalue weighted by Gasteiger charge is -2.27. The zero-order chi connectivity index (χ0) is 14.0. The zero-order valence-electron chi connectivity index (χ0n) is 12.6. The molecule has 19 heavy (non-hydrogen) atoms. The molecule has 0 saturated carbocycles. The normalized spacial score (nSPS) is 23.4. The molecule has 1 N–H and O–H groups in total. The van der Waals surface area contributed by atoms with Crippen molar-refractivity contribution in [2.75, 3.05) is 20.8 Å². The third-order valence-electron chi connectivity index (χ3n) is 4.06. The Morgan fingerprint density at radius 3 is 2.42 bits per heavy atom.